The van der Waals surface area contributed by atoms with E-state index in [1.165, 1.54) is 33.1 Å². The molecule has 18 heavy (non-hydrogen) atoms. The first kappa shape index (κ1) is 14.2. The molecular weight excluding hydrogens is 237 g/mol. The summed E-state index contributed by atoms with van der Waals surface area (Å²) in [7, 11) is 1.23. The highest BCUT2D eigenvalue weighted by molar-refractivity contribution is 6.01. The second-order valence-electron chi connectivity index (χ2n) is 4.43. The summed E-state index contributed by atoms with van der Waals surface area (Å²) in [5.74, 6) is -1.36. The minimum absolute atomic E-state index is 0.236. The Labute approximate surface area is 105 Å². The molecule has 1 aromatic carbocycles. The molecule has 0 aliphatic carbocycles. The lowest BCUT2D eigenvalue weighted by Gasteiger charge is -2.20. The van der Waals surface area contributed by atoms with E-state index in [-0.39, 0.29) is 12.4 Å². The van der Waals surface area contributed by atoms with Crippen molar-refractivity contribution in [3.05, 3.63) is 35.6 Å². The van der Waals surface area contributed by atoms with Gasteiger partial charge in [-0.15, -0.1) is 0 Å². The largest absolute Gasteiger partial charge is 0.468 e. The molecule has 0 aliphatic rings. The van der Waals surface area contributed by atoms with Gasteiger partial charge in [-0.2, -0.15) is 0 Å². The van der Waals surface area contributed by atoms with Crippen molar-refractivity contribution in [3.63, 3.8) is 0 Å². The lowest BCUT2D eigenvalue weighted by atomic mass is 9.92. The Bertz CT molecular complexity index is 440. The van der Waals surface area contributed by atoms with Gasteiger partial charge in [0, 0.05) is 6.54 Å². The first-order valence-electron chi connectivity index (χ1n) is 5.49. The Morgan fingerprint density at radius 3 is 2.33 bits per heavy atom. The number of halogens is 1. The van der Waals surface area contributed by atoms with E-state index in [0.717, 1.165) is 5.56 Å². The molecule has 98 valence electrons. The Kier molecular flexibility index (Phi) is 4.42. The van der Waals surface area contributed by atoms with Crippen LogP contribution in [0.15, 0.2) is 24.3 Å². The van der Waals surface area contributed by atoms with Crippen LogP contribution in [0, 0.1) is 11.2 Å². The maximum absolute atomic E-state index is 12.7. The highest BCUT2D eigenvalue weighted by Gasteiger charge is 2.36. The van der Waals surface area contributed by atoms with Crippen LogP contribution in [-0.4, -0.2) is 19.0 Å². The van der Waals surface area contributed by atoms with Gasteiger partial charge < -0.3 is 10.1 Å². The molecule has 0 heterocycles. The zero-order valence-corrected chi connectivity index (χ0v) is 10.6. The number of methoxy groups -OCH3 is 1. The Morgan fingerprint density at radius 1 is 1.28 bits per heavy atom. The Morgan fingerprint density at radius 2 is 1.83 bits per heavy atom. The van der Waals surface area contributed by atoms with Gasteiger partial charge in [0.05, 0.1) is 7.11 Å². The van der Waals surface area contributed by atoms with E-state index in [4.69, 9.17) is 0 Å². The molecule has 0 aromatic heterocycles. The molecular formula is C13H16FNO3. The number of esters is 1. The number of ether oxygens (including phenoxy) is 1. The summed E-state index contributed by atoms with van der Waals surface area (Å²) < 4.78 is 17.2. The van der Waals surface area contributed by atoms with Crippen molar-refractivity contribution in [2.24, 2.45) is 5.41 Å². The zero-order valence-electron chi connectivity index (χ0n) is 10.6. The Balaban J connectivity index is 2.61. The van der Waals surface area contributed by atoms with Gasteiger partial charge in [-0.3, -0.25) is 9.59 Å². The van der Waals surface area contributed by atoms with Crippen molar-refractivity contribution in [1.82, 2.24) is 5.32 Å². The summed E-state index contributed by atoms with van der Waals surface area (Å²) in [4.78, 5) is 23.2. The van der Waals surface area contributed by atoms with Crippen LogP contribution in [0.5, 0.6) is 0 Å². The van der Waals surface area contributed by atoms with Crippen molar-refractivity contribution in [2.45, 2.75) is 20.4 Å². The van der Waals surface area contributed by atoms with E-state index < -0.39 is 17.3 Å². The van der Waals surface area contributed by atoms with Crippen molar-refractivity contribution in [1.29, 1.82) is 0 Å². The summed E-state index contributed by atoms with van der Waals surface area (Å²) in [5, 5.41) is 2.61. The van der Waals surface area contributed by atoms with E-state index in [1.807, 2.05) is 0 Å². The zero-order chi connectivity index (χ0) is 13.8. The van der Waals surface area contributed by atoms with Gasteiger partial charge in [0.1, 0.15) is 11.2 Å². The number of nitrogens with one attached hydrogen (secondary N) is 1. The van der Waals surface area contributed by atoms with Gasteiger partial charge in [-0.05, 0) is 31.5 Å². The minimum Gasteiger partial charge on any atom is -0.468 e. The fourth-order valence-corrected chi connectivity index (χ4v) is 1.35. The van der Waals surface area contributed by atoms with Crippen LogP contribution >= 0.6 is 0 Å². The molecule has 0 saturated carbocycles. The maximum Gasteiger partial charge on any atom is 0.320 e. The highest BCUT2D eigenvalue weighted by Crippen LogP contribution is 2.17. The van der Waals surface area contributed by atoms with E-state index in [2.05, 4.69) is 10.1 Å². The van der Waals surface area contributed by atoms with E-state index >= 15 is 0 Å². The second-order valence-corrected chi connectivity index (χ2v) is 4.43. The number of hydrogen-bond donors (Lipinski definition) is 1. The van der Waals surface area contributed by atoms with Crippen LogP contribution in [0.4, 0.5) is 4.39 Å². The molecule has 0 fully saturated rings. The number of carbonyl (C=O) groups is 2. The van der Waals surface area contributed by atoms with Crippen LogP contribution in [0.25, 0.3) is 0 Å². The van der Waals surface area contributed by atoms with Crippen LogP contribution in [-0.2, 0) is 20.9 Å². The molecule has 1 amide bonds. The summed E-state index contributed by atoms with van der Waals surface area (Å²) in [5.41, 5.74) is -0.486. The first-order chi connectivity index (χ1) is 8.37. The quantitative estimate of drug-likeness (QED) is 0.655. The minimum atomic E-state index is -1.24. The van der Waals surface area contributed by atoms with Crippen LogP contribution < -0.4 is 5.32 Å². The monoisotopic (exact) mass is 253 g/mol. The average molecular weight is 253 g/mol. The first-order valence-corrected chi connectivity index (χ1v) is 5.49. The molecule has 1 aromatic rings. The van der Waals surface area contributed by atoms with Gasteiger partial charge in [-0.25, -0.2) is 4.39 Å². The second kappa shape index (κ2) is 5.62. The topological polar surface area (TPSA) is 55.4 Å². The molecule has 0 bridgehead atoms. The van der Waals surface area contributed by atoms with Crippen LogP contribution in [0.3, 0.4) is 0 Å². The molecule has 0 aliphatic heterocycles. The van der Waals surface area contributed by atoms with Gasteiger partial charge in [0.15, 0.2) is 0 Å². The fraction of sp³-hybridized carbons (Fsp3) is 0.385. The summed E-state index contributed by atoms with van der Waals surface area (Å²) in [6.07, 6.45) is 0. The molecule has 1 N–H and O–H groups in total. The van der Waals surface area contributed by atoms with E-state index in [0.29, 0.717) is 0 Å². The van der Waals surface area contributed by atoms with E-state index in [9.17, 15) is 14.0 Å². The standard InChI is InChI=1S/C13H16FNO3/c1-13(2,12(17)18-3)11(16)15-8-9-4-6-10(14)7-5-9/h4-7H,8H2,1-3H3,(H,15,16). The fourth-order valence-electron chi connectivity index (χ4n) is 1.35. The third-order valence-electron chi connectivity index (χ3n) is 2.63. The SMILES string of the molecule is COC(=O)C(C)(C)C(=O)NCc1ccc(F)cc1. The van der Waals surface area contributed by atoms with Gasteiger partial charge >= 0.3 is 5.97 Å². The Hall–Kier alpha value is -1.91. The normalized spacial score (nSPS) is 10.9. The van der Waals surface area contributed by atoms with E-state index in [1.54, 1.807) is 12.1 Å². The smallest absolute Gasteiger partial charge is 0.320 e. The summed E-state index contributed by atoms with van der Waals surface area (Å²) in [6, 6.07) is 5.77. The molecule has 4 nitrogen and oxygen atoms in total. The molecule has 0 atom stereocenters. The summed E-state index contributed by atoms with van der Waals surface area (Å²) in [6.45, 7) is 3.21. The maximum atomic E-state index is 12.7. The molecule has 0 unspecified atom stereocenters. The lowest BCUT2D eigenvalue weighted by molar-refractivity contribution is -0.156. The molecule has 0 saturated heterocycles. The van der Waals surface area contributed by atoms with Gasteiger partial charge in [0.25, 0.3) is 0 Å². The van der Waals surface area contributed by atoms with Gasteiger partial charge in [0.2, 0.25) is 5.91 Å². The van der Waals surface area contributed by atoms with Crippen LogP contribution in [0.2, 0.25) is 0 Å². The van der Waals surface area contributed by atoms with Crippen LogP contribution in [0.1, 0.15) is 19.4 Å². The molecule has 0 radical (unpaired) electrons. The third kappa shape index (κ3) is 3.29. The number of amides is 1. The predicted octanol–water partition coefficient (Wildman–Crippen LogP) is 1.64. The molecule has 5 heteroatoms. The molecule has 0 spiro atoms. The summed E-state index contributed by atoms with van der Waals surface area (Å²) >= 11 is 0. The number of hydrogen-bond acceptors (Lipinski definition) is 3. The predicted molar refractivity (Wildman–Crippen MR) is 64.0 cm³/mol. The van der Waals surface area contributed by atoms with Crippen molar-refractivity contribution in [3.8, 4) is 0 Å². The van der Waals surface area contributed by atoms with Gasteiger partial charge in [-0.1, -0.05) is 12.1 Å². The van der Waals surface area contributed by atoms with Crippen molar-refractivity contribution >= 4 is 11.9 Å². The third-order valence-corrected chi connectivity index (χ3v) is 2.63. The number of benzene rings is 1. The van der Waals surface area contributed by atoms with Crippen molar-refractivity contribution in [2.75, 3.05) is 7.11 Å². The van der Waals surface area contributed by atoms with Crippen molar-refractivity contribution < 1.29 is 18.7 Å². The number of carbonyl (C=O) groups excluding carboxylic acids is 2. The average Bonchev–Trinajstić information content (AvgIpc) is 2.36. The molecule has 1 rings (SSSR count). The number of rotatable bonds is 4. The highest BCUT2D eigenvalue weighted by atomic mass is 19.1. The lowest BCUT2D eigenvalue weighted by Crippen LogP contribution is -2.42.